The maximum atomic E-state index is 12.8. The number of hydrogen-bond donors (Lipinski definition) is 2. The predicted molar refractivity (Wildman–Crippen MR) is 98.6 cm³/mol. The van der Waals surface area contributed by atoms with Crippen LogP contribution >= 0.6 is 0 Å². The first-order valence-corrected chi connectivity index (χ1v) is 8.46. The Morgan fingerprint density at radius 1 is 0.808 bits per heavy atom. The third-order valence-electron chi connectivity index (χ3n) is 3.75. The Morgan fingerprint density at radius 3 is 1.88 bits per heavy atom. The van der Waals surface area contributed by atoms with E-state index >= 15 is 0 Å². The topological polar surface area (TPSA) is 75.3 Å². The van der Waals surface area contributed by atoms with E-state index in [1.165, 1.54) is 24.3 Å². The van der Waals surface area contributed by atoms with E-state index in [9.17, 15) is 18.8 Å². The van der Waals surface area contributed by atoms with Crippen molar-refractivity contribution in [3.8, 4) is 0 Å². The summed E-state index contributed by atoms with van der Waals surface area (Å²) in [4.78, 5) is 35.2. The average molecular weight is 356 g/mol. The Hall–Kier alpha value is -3.02. The largest absolute Gasteiger partial charge is 0.326 e. The minimum Gasteiger partial charge on any atom is -0.326 e. The molecule has 6 heteroatoms. The van der Waals surface area contributed by atoms with Crippen LogP contribution in [0.1, 0.15) is 43.0 Å². The van der Waals surface area contributed by atoms with Crippen molar-refractivity contribution >= 4 is 29.0 Å². The summed E-state index contributed by atoms with van der Waals surface area (Å²) in [6, 6.07) is 12.2. The Balaban J connectivity index is 1.75. The molecule has 5 nitrogen and oxygen atoms in total. The molecule has 0 saturated heterocycles. The van der Waals surface area contributed by atoms with Crippen molar-refractivity contribution in [3.63, 3.8) is 0 Å². The molecule has 2 amide bonds. The molecule has 0 spiro atoms. The highest BCUT2D eigenvalue weighted by atomic mass is 19.1. The van der Waals surface area contributed by atoms with Gasteiger partial charge in [0.2, 0.25) is 11.8 Å². The van der Waals surface area contributed by atoms with Gasteiger partial charge in [-0.1, -0.05) is 6.92 Å². The van der Waals surface area contributed by atoms with Crippen LogP contribution < -0.4 is 10.6 Å². The summed E-state index contributed by atoms with van der Waals surface area (Å²) < 4.78 is 12.8. The second kappa shape index (κ2) is 9.46. The van der Waals surface area contributed by atoms with Crippen LogP contribution in [-0.2, 0) is 9.59 Å². The van der Waals surface area contributed by atoms with Gasteiger partial charge in [0.1, 0.15) is 5.82 Å². The molecular formula is C20H21FN2O3. The third kappa shape index (κ3) is 6.12. The SMILES string of the molecule is CCC(=O)Nc1ccc(NC(=O)CCCC(=O)c2ccc(F)cc2)cc1. The van der Waals surface area contributed by atoms with E-state index in [-0.39, 0.29) is 36.3 Å². The number of halogens is 1. The molecule has 2 N–H and O–H groups in total. The molecule has 2 aromatic rings. The molecule has 0 aliphatic carbocycles. The van der Waals surface area contributed by atoms with Crippen LogP contribution in [0.2, 0.25) is 0 Å². The standard InChI is InChI=1S/C20H21FN2O3/c1-2-19(25)22-16-10-12-17(13-11-16)23-20(26)5-3-4-18(24)14-6-8-15(21)9-7-14/h6-13H,2-5H2,1H3,(H,22,25)(H,23,26). The monoisotopic (exact) mass is 356 g/mol. The maximum Gasteiger partial charge on any atom is 0.224 e. The van der Waals surface area contributed by atoms with E-state index in [0.29, 0.717) is 29.8 Å². The number of nitrogens with one attached hydrogen (secondary N) is 2. The summed E-state index contributed by atoms with van der Waals surface area (Å²) in [6.07, 6.45) is 1.24. The summed E-state index contributed by atoms with van der Waals surface area (Å²) in [5, 5.41) is 5.47. The molecule has 0 aliphatic heterocycles. The molecule has 2 aromatic carbocycles. The molecule has 26 heavy (non-hydrogen) atoms. The van der Waals surface area contributed by atoms with Crippen molar-refractivity contribution in [1.82, 2.24) is 0 Å². The van der Waals surface area contributed by atoms with Crippen molar-refractivity contribution in [2.75, 3.05) is 10.6 Å². The zero-order valence-electron chi connectivity index (χ0n) is 14.5. The van der Waals surface area contributed by atoms with Gasteiger partial charge in [0, 0.05) is 36.2 Å². The Labute approximate surface area is 151 Å². The fraction of sp³-hybridized carbons (Fsp3) is 0.250. The molecule has 0 unspecified atom stereocenters. The van der Waals surface area contributed by atoms with Crippen molar-refractivity contribution in [2.45, 2.75) is 32.6 Å². The zero-order valence-corrected chi connectivity index (χ0v) is 14.5. The minimum atomic E-state index is -0.388. The number of amides is 2. The highest BCUT2D eigenvalue weighted by molar-refractivity contribution is 5.97. The van der Waals surface area contributed by atoms with Crippen LogP contribution in [0, 0.1) is 5.82 Å². The van der Waals surface area contributed by atoms with E-state index in [2.05, 4.69) is 10.6 Å². The average Bonchev–Trinajstić information content (AvgIpc) is 2.63. The molecule has 0 heterocycles. The normalized spacial score (nSPS) is 10.2. The molecule has 0 fully saturated rings. The Morgan fingerprint density at radius 2 is 1.35 bits per heavy atom. The van der Waals surface area contributed by atoms with Gasteiger partial charge >= 0.3 is 0 Å². The van der Waals surface area contributed by atoms with Gasteiger partial charge in [0.15, 0.2) is 5.78 Å². The highest BCUT2D eigenvalue weighted by Gasteiger charge is 2.08. The lowest BCUT2D eigenvalue weighted by Crippen LogP contribution is -2.12. The van der Waals surface area contributed by atoms with Crippen molar-refractivity contribution in [3.05, 3.63) is 59.9 Å². The summed E-state index contributed by atoms with van der Waals surface area (Å²) in [5.41, 5.74) is 1.73. The van der Waals surface area contributed by atoms with Crippen LogP contribution in [-0.4, -0.2) is 17.6 Å². The number of hydrogen-bond acceptors (Lipinski definition) is 3. The van der Waals surface area contributed by atoms with E-state index in [4.69, 9.17) is 0 Å². The number of Topliss-reactive ketones (excluding diaryl/α,β-unsaturated/α-hetero) is 1. The van der Waals surface area contributed by atoms with Crippen LogP contribution in [0.15, 0.2) is 48.5 Å². The molecule has 0 aromatic heterocycles. The third-order valence-corrected chi connectivity index (χ3v) is 3.75. The van der Waals surface area contributed by atoms with Crippen molar-refractivity contribution < 1.29 is 18.8 Å². The second-order valence-electron chi connectivity index (χ2n) is 5.81. The molecule has 0 radical (unpaired) electrons. The van der Waals surface area contributed by atoms with Gasteiger partial charge in [-0.05, 0) is 55.0 Å². The summed E-state index contributed by atoms with van der Waals surface area (Å²) in [7, 11) is 0. The zero-order chi connectivity index (χ0) is 18.9. The molecule has 0 atom stereocenters. The molecule has 0 saturated carbocycles. The first-order valence-electron chi connectivity index (χ1n) is 8.46. The van der Waals surface area contributed by atoms with Crippen molar-refractivity contribution in [1.29, 1.82) is 0 Å². The van der Waals surface area contributed by atoms with E-state index in [1.807, 2.05) is 0 Å². The quantitative estimate of drug-likeness (QED) is 0.697. The van der Waals surface area contributed by atoms with E-state index < -0.39 is 0 Å². The van der Waals surface area contributed by atoms with Crippen LogP contribution in [0.25, 0.3) is 0 Å². The molecule has 136 valence electrons. The van der Waals surface area contributed by atoms with Gasteiger partial charge in [-0.2, -0.15) is 0 Å². The van der Waals surface area contributed by atoms with Gasteiger partial charge in [0.25, 0.3) is 0 Å². The molecule has 0 bridgehead atoms. The number of ketones is 1. The van der Waals surface area contributed by atoms with Gasteiger partial charge in [-0.25, -0.2) is 4.39 Å². The lowest BCUT2D eigenvalue weighted by molar-refractivity contribution is -0.116. The van der Waals surface area contributed by atoms with Crippen LogP contribution in [0.3, 0.4) is 0 Å². The minimum absolute atomic E-state index is 0.0763. The van der Waals surface area contributed by atoms with Crippen molar-refractivity contribution in [2.24, 2.45) is 0 Å². The fourth-order valence-corrected chi connectivity index (χ4v) is 2.30. The molecule has 0 aliphatic rings. The van der Waals surface area contributed by atoms with Gasteiger partial charge < -0.3 is 10.6 Å². The van der Waals surface area contributed by atoms with Gasteiger partial charge in [0.05, 0.1) is 0 Å². The van der Waals surface area contributed by atoms with E-state index in [0.717, 1.165) is 0 Å². The summed E-state index contributed by atoms with van der Waals surface area (Å²) in [6.45, 7) is 1.77. The van der Waals surface area contributed by atoms with Gasteiger partial charge in [-0.3, -0.25) is 14.4 Å². The van der Waals surface area contributed by atoms with Gasteiger partial charge in [-0.15, -0.1) is 0 Å². The smallest absolute Gasteiger partial charge is 0.224 e. The number of rotatable bonds is 8. The summed E-state index contributed by atoms with van der Waals surface area (Å²) >= 11 is 0. The Bertz CT molecular complexity index is 771. The fourth-order valence-electron chi connectivity index (χ4n) is 2.30. The molecular weight excluding hydrogens is 335 g/mol. The highest BCUT2D eigenvalue weighted by Crippen LogP contribution is 2.15. The summed E-state index contributed by atoms with van der Waals surface area (Å²) in [5.74, 6) is -0.773. The first kappa shape index (κ1) is 19.3. The van der Waals surface area contributed by atoms with Crippen LogP contribution in [0.5, 0.6) is 0 Å². The predicted octanol–water partition coefficient (Wildman–Crippen LogP) is 4.17. The van der Waals surface area contributed by atoms with Crippen LogP contribution in [0.4, 0.5) is 15.8 Å². The number of benzene rings is 2. The molecule has 2 rings (SSSR count). The number of anilines is 2. The van der Waals surface area contributed by atoms with E-state index in [1.54, 1.807) is 31.2 Å². The second-order valence-corrected chi connectivity index (χ2v) is 5.81. The Kier molecular flexibility index (Phi) is 7.02. The first-order chi connectivity index (χ1) is 12.5. The number of carbonyl (C=O) groups is 3. The lowest BCUT2D eigenvalue weighted by Gasteiger charge is -2.07. The lowest BCUT2D eigenvalue weighted by atomic mass is 10.1. The number of carbonyl (C=O) groups excluding carboxylic acids is 3. The maximum absolute atomic E-state index is 12.8.